The van der Waals surface area contributed by atoms with Crippen LogP contribution in [-0.2, 0) is 75.6 Å². The number of phosphoric ester groups is 1. The normalized spacial score (nSPS) is 46.2. The molecule has 494 valence electrons. The second kappa shape index (κ2) is 28.6. The van der Waals surface area contributed by atoms with Crippen LogP contribution in [0.5, 0.6) is 0 Å². The van der Waals surface area contributed by atoms with Crippen LogP contribution in [0.4, 0.5) is 0 Å². The van der Waals surface area contributed by atoms with E-state index in [1.165, 1.54) is 0 Å². The van der Waals surface area contributed by atoms with E-state index in [1.54, 1.807) is 0 Å². The maximum atomic E-state index is 13.7. The van der Waals surface area contributed by atoms with Gasteiger partial charge in [-0.2, -0.15) is 0 Å². The smallest absolute Gasteiger partial charge is 0.470 e. The first-order valence-corrected chi connectivity index (χ1v) is 27.3. The zero-order valence-electron chi connectivity index (χ0n) is 43.9. The Hall–Kier alpha value is -2.72. The first-order valence-electron chi connectivity index (χ1n) is 25.7. The number of ether oxygens (including phenoxy) is 11. The van der Waals surface area contributed by atoms with Gasteiger partial charge in [-0.1, -0.05) is 0 Å². The maximum Gasteiger partial charge on any atom is 0.470 e. The Morgan fingerprint density at radius 3 is 1.58 bits per heavy atom. The Balaban J connectivity index is 1.39. The molecule has 42 heteroatoms. The Morgan fingerprint density at radius 1 is 0.518 bits per heavy atom. The van der Waals surface area contributed by atoms with Crippen LogP contribution in [0, 0.1) is 0 Å². The summed E-state index contributed by atoms with van der Waals surface area (Å²) in [6.07, 6.45) is -62.7. The van der Waals surface area contributed by atoms with Crippen LogP contribution < -0.4 is 11.5 Å². The number of hydrogen-bond donors (Lipinski definition) is 25. The lowest BCUT2D eigenvalue weighted by atomic mass is 9.89. The number of aliphatic hydroxyl groups is 18. The van der Waals surface area contributed by atoms with E-state index >= 15 is 0 Å². The molecule has 6 aliphatic heterocycles. The molecule has 0 spiro atoms. The Kier molecular flexibility index (Phi) is 24.0. The average Bonchev–Trinajstić information content (AvgIpc) is 1.54. The summed E-state index contributed by atoms with van der Waals surface area (Å²) in [7, 11) is -5.75. The van der Waals surface area contributed by atoms with E-state index in [0.717, 1.165) is 0 Å². The molecule has 0 amide bonds. The summed E-state index contributed by atoms with van der Waals surface area (Å²) in [6, 6.07) is -3.42. The Labute approximate surface area is 476 Å². The first-order chi connectivity index (χ1) is 39.5. The van der Waals surface area contributed by atoms with Crippen molar-refractivity contribution in [3.05, 3.63) is 0 Å². The summed E-state index contributed by atoms with van der Waals surface area (Å²) in [5.74, 6) is -17.1. The Bertz CT molecular complexity index is 2270. The summed E-state index contributed by atoms with van der Waals surface area (Å²) >= 11 is 0. The molecule has 41 nitrogen and oxygen atoms in total. The number of aliphatic carboxylic acids is 3. The highest BCUT2D eigenvalue weighted by atomic mass is 31.2. The fourth-order valence-corrected chi connectivity index (χ4v) is 10.8. The predicted molar refractivity (Wildman–Crippen MR) is 254 cm³/mol. The predicted octanol–water partition coefficient (Wildman–Crippen LogP) is -15.2. The molecule has 0 bridgehead atoms. The molecule has 6 fully saturated rings. The molecule has 0 aliphatic carbocycles. The molecular formula is C43H73N2O39P. The van der Waals surface area contributed by atoms with Crippen molar-refractivity contribution in [1.82, 2.24) is 0 Å². The standard InChI is InChI=1S/C43H73N2O39P/c44-19-24(58)23(57)17(76-35(19)63)8-73-36-20(45)25(59)33(84-85(70,71)72)18(77-36)9-75-42(39(66)67)3-16(34(32(83-42)14(53)6-48)79-37-28(62)26(60)27(61)29(78-37)12(51)4-46)80-43(40(68)69)2-11(50)22(56)31(82-43)15(54)7-74-41(38(64)65)1-10(49)21(55)30(81-41)13(52)5-47/h10-37,46-63H,1-9,44-45H2,(H,64,65)(H,66,67)(H,68,69)(H2,70,71,72)/t10-,11-,12+,13-,14-,15-,16-,17-,18-,19-,20-,21-,22-,23-,24-,25-,26+,27+,28+,29-,30-,31-,32-,33-,34-,35+,36+,37-,41-,42-,43-/m1/s1. The second-order valence-corrected chi connectivity index (χ2v) is 22.1. The van der Waals surface area contributed by atoms with E-state index in [2.05, 4.69) is 0 Å². The van der Waals surface area contributed by atoms with E-state index in [4.69, 9.17) is 68.1 Å². The summed E-state index contributed by atoms with van der Waals surface area (Å²) in [6.45, 7) is -7.68. The summed E-state index contributed by atoms with van der Waals surface area (Å²) in [4.78, 5) is 59.6. The van der Waals surface area contributed by atoms with Gasteiger partial charge in [0.1, 0.15) is 122 Å². The van der Waals surface area contributed by atoms with E-state index in [0.29, 0.717) is 0 Å². The molecule has 0 aromatic carbocycles. The fourth-order valence-electron chi connectivity index (χ4n) is 10.2. The van der Waals surface area contributed by atoms with Crippen molar-refractivity contribution in [2.45, 2.75) is 208 Å². The van der Waals surface area contributed by atoms with Gasteiger partial charge in [-0.15, -0.1) is 0 Å². The minimum Gasteiger partial charge on any atom is -0.477 e. The number of phosphoric acid groups is 1. The van der Waals surface area contributed by atoms with E-state index < -0.39 is 273 Å². The van der Waals surface area contributed by atoms with Gasteiger partial charge in [0.05, 0.1) is 70.0 Å². The highest BCUT2D eigenvalue weighted by Gasteiger charge is 2.64. The molecule has 0 aromatic heterocycles. The first kappa shape index (κ1) is 71.4. The van der Waals surface area contributed by atoms with Crippen molar-refractivity contribution in [1.29, 1.82) is 0 Å². The average molecular weight is 1270 g/mol. The number of aliphatic hydroxyl groups excluding tert-OH is 18. The lowest BCUT2D eigenvalue weighted by Gasteiger charge is -2.52. The van der Waals surface area contributed by atoms with Gasteiger partial charge in [0.2, 0.25) is 0 Å². The van der Waals surface area contributed by atoms with Crippen molar-refractivity contribution in [2.75, 3.05) is 39.6 Å². The minimum absolute atomic E-state index is 0.878. The van der Waals surface area contributed by atoms with Gasteiger partial charge >= 0.3 is 25.7 Å². The van der Waals surface area contributed by atoms with Crippen molar-refractivity contribution < 1.29 is 193 Å². The number of nitrogens with two attached hydrogens (primary N) is 2. The van der Waals surface area contributed by atoms with E-state index in [-0.39, 0.29) is 0 Å². The van der Waals surface area contributed by atoms with Gasteiger partial charge in [-0.25, -0.2) is 18.9 Å². The fraction of sp³-hybridized carbons (Fsp3) is 0.930. The lowest BCUT2D eigenvalue weighted by molar-refractivity contribution is -0.400. The third-order valence-electron chi connectivity index (χ3n) is 15.0. The molecule has 6 saturated heterocycles. The third kappa shape index (κ3) is 15.4. The number of rotatable bonds is 25. The highest BCUT2D eigenvalue weighted by Crippen LogP contribution is 2.45. The van der Waals surface area contributed by atoms with Gasteiger partial charge in [-0.05, 0) is 0 Å². The van der Waals surface area contributed by atoms with Gasteiger partial charge < -0.3 is 181 Å². The van der Waals surface area contributed by atoms with Crippen LogP contribution in [0.25, 0.3) is 0 Å². The highest BCUT2D eigenvalue weighted by molar-refractivity contribution is 7.46. The van der Waals surface area contributed by atoms with Crippen LogP contribution in [0.2, 0.25) is 0 Å². The van der Waals surface area contributed by atoms with Crippen LogP contribution in [0.1, 0.15) is 19.3 Å². The zero-order chi connectivity index (χ0) is 63.7. The van der Waals surface area contributed by atoms with E-state index in [1.807, 2.05) is 0 Å². The van der Waals surface area contributed by atoms with Crippen LogP contribution in [0.15, 0.2) is 0 Å². The molecule has 0 radical (unpaired) electrons. The number of carboxylic acid groups (broad SMARTS) is 3. The topological polar surface area (TPSA) is 696 Å². The Morgan fingerprint density at radius 2 is 1.02 bits per heavy atom. The SMILES string of the molecule is N[C@@H]1[C@@H](O)[C@H](O)[C@@H](CO[C@H]2O[C@H](CO[C@]3(C(=O)O)C[C@@H](O[C@]4(C(=O)O)C[C@@H](O)[C@@H](O)[C@@H]([C@H](O)CO[C@]5(C(=O)O)C[C@@H](O)[C@@H](O)[C@@H]([C@H](O)CO)O5)O4)[C@@H](O[C@H]4O[C@H]([C@@H](O)CO)[C@@H](O)[C@H](O)[C@@H]4O)[C@@H]([C@H](O)CO)O3)[C@@H](OP(=O)(O)O)[C@H](O)[C@H]2N)O[C@@H]1O. The lowest BCUT2D eigenvalue weighted by Crippen LogP contribution is -2.70. The summed E-state index contributed by atoms with van der Waals surface area (Å²) in [5.41, 5.74) is 11.7. The second-order valence-electron chi connectivity index (χ2n) is 20.9. The van der Waals surface area contributed by atoms with Crippen LogP contribution in [-0.4, -0.2) is 363 Å². The number of carboxylic acids is 3. The van der Waals surface area contributed by atoms with Gasteiger partial charge in [0, 0.05) is 19.3 Å². The van der Waals surface area contributed by atoms with Crippen molar-refractivity contribution in [2.24, 2.45) is 11.5 Å². The number of carbonyl (C=O) groups is 3. The summed E-state index contributed by atoms with van der Waals surface area (Å²) in [5, 5.41) is 223. The van der Waals surface area contributed by atoms with Gasteiger partial charge in [0.15, 0.2) is 18.9 Å². The van der Waals surface area contributed by atoms with E-state index in [9.17, 15) is 136 Å². The zero-order valence-corrected chi connectivity index (χ0v) is 44.8. The molecule has 6 rings (SSSR count). The van der Waals surface area contributed by atoms with Crippen LogP contribution >= 0.6 is 7.82 Å². The summed E-state index contributed by atoms with van der Waals surface area (Å²) < 4.78 is 78.3. The van der Waals surface area contributed by atoms with Gasteiger partial charge in [0.25, 0.3) is 17.4 Å². The quantitative estimate of drug-likeness (QED) is 0.0377. The van der Waals surface area contributed by atoms with Crippen molar-refractivity contribution in [3.63, 3.8) is 0 Å². The molecule has 85 heavy (non-hydrogen) atoms. The van der Waals surface area contributed by atoms with Crippen LogP contribution in [0.3, 0.4) is 0 Å². The third-order valence-corrected chi connectivity index (χ3v) is 15.5. The minimum atomic E-state index is -5.75. The molecule has 6 aliphatic rings. The number of hydrogen-bond acceptors (Lipinski definition) is 36. The maximum absolute atomic E-state index is 13.7. The van der Waals surface area contributed by atoms with Gasteiger partial charge in [-0.3, -0.25) is 4.52 Å². The molecule has 31 atom stereocenters. The van der Waals surface area contributed by atoms with Crippen molar-refractivity contribution in [3.8, 4) is 0 Å². The molecule has 0 aromatic rings. The molecule has 0 saturated carbocycles. The monoisotopic (exact) mass is 1270 g/mol. The van der Waals surface area contributed by atoms with Crippen molar-refractivity contribution >= 4 is 25.7 Å². The molecule has 27 N–H and O–H groups in total. The molecule has 0 unspecified atom stereocenters. The molecule has 6 heterocycles. The molecular weight excluding hydrogens is 1200 g/mol. The largest absolute Gasteiger partial charge is 0.477 e.